The predicted molar refractivity (Wildman–Crippen MR) is 93.5 cm³/mol. The molecule has 2 aliphatic rings. The highest BCUT2D eigenvalue weighted by Gasteiger charge is 2.22. The van der Waals surface area contributed by atoms with Crippen LogP contribution in [-0.2, 0) is 31.9 Å². The number of thiophene rings is 1. The number of hydrogen-bond donors (Lipinski definition) is 1. The Bertz CT molecular complexity index is 686. The maximum absolute atomic E-state index is 12.0. The van der Waals surface area contributed by atoms with Crippen molar-refractivity contribution in [3.05, 3.63) is 16.0 Å². The zero-order valence-corrected chi connectivity index (χ0v) is 15.0. The standard InChI is InChI=1S/C18H22N2O4S/c19-9-14-13-7-3-4-8-15(13)25-18(14)20-16(21)10-24-17(22)11-23-12-5-1-2-6-12/h12H,1-8,10-11H2,(H,20,21). The third-order valence-corrected chi connectivity index (χ3v) is 5.85. The summed E-state index contributed by atoms with van der Waals surface area (Å²) >= 11 is 1.46. The van der Waals surface area contributed by atoms with E-state index in [0.29, 0.717) is 10.6 Å². The van der Waals surface area contributed by atoms with E-state index in [4.69, 9.17) is 9.47 Å². The van der Waals surface area contributed by atoms with Gasteiger partial charge in [0.1, 0.15) is 17.7 Å². The number of nitrogens with zero attached hydrogens (tertiary/aromatic N) is 1. The van der Waals surface area contributed by atoms with Gasteiger partial charge in [-0.1, -0.05) is 12.8 Å². The number of esters is 1. The topological polar surface area (TPSA) is 88.4 Å². The average molecular weight is 362 g/mol. The summed E-state index contributed by atoms with van der Waals surface area (Å²) in [6, 6.07) is 2.19. The minimum Gasteiger partial charge on any atom is -0.454 e. The summed E-state index contributed by atoms with van der Waals surface area (Å²) in [7, 11) is 0. The van der Waals surface area contributed by atoms with Crippen LogP contribution in [0.1, 0.15) is 54.5 Å². The summed E-state index contributed by atoms with van der Waals surface area (Å²) in [5.41, 5.74) is 1.62. The molecule has 1 fully saturated rings. The Labute approximate surface area is 151 Å². The Morgan fingerprint density at radius 1 is 1.16 bits per heavy atom. The summed E-state index contributed by atoms with van der Waals surface area (Å²) in [6.07, 6.45) is 8.39. The molecule has 0 bridgehead atoms. The molecule has 1 heterocycles. The van der Waals surface area contributed by atoms with Crippen LogP contribution in [0.15, 0.2) is 0 Å². The Kier molecular flexibility index (Phi) is 6.05. The number of fused-ring (bicyclic) bond motifs is 1. The van der Waals surface area contributed by atoms with Gasteiger partial charge < -0.3 is 14.8 Å². The van der Waals surface area contributed by atoms with E-state index in [1.165, 1.54) is 16.2 Å². The second-order valence-corrected chi connectivity index (χ2v) is 7.56. The molecule has 6 nitrogen and oxygen atoms in total. The van der Waals surface area contributed by atoms with Crippen molar-refractivity contribution in [3.63, 3.8) is 0 Å². The van der Waals surface area contributed by atoms with Gasteiger partial charge in [-0.15, -0.1) is 11.3 Å². The zero-order chi connectivity index (χ0) is 17.6. The van der Waals surface area contributed by atoms with Gasteiger partial charge in [0, 0.05) is 4.88 Å². The van der Waals surface area contributed by atoms with Crippen molar-refractivity contribution in [1.29, 1.82) is 5.26 Å². The van der Waals surface area contributed by atoms with E-state index >= 15 is 0 Å². The predicted octanol–water partition coefficient (Wildman–Crippen LogP) is 2.94. The molecule has 1 N–H and O–H groups in total. The van der Waals surface area contributed by atoms with E-state index < -0.39 is 11.9 Å². The third kappa shape index (κ3) is 4.59. The Hall–Kier alpha value is -1.91. The van der Waals surface area contributed by atoms with Crippen molar-refractivity contribution >= 4 is 28.2 Å². The second-order valence-electron chi connectivity index (χ2n) is 6.45. The van der Waals surface area contributed by atoms with E-state index in [2.05, 4.69) is 11.4 Å². The molecule has 2 aliphatic carbocycles. The van der Waals surface area contributed by atoms with E-state index in [0.717, 1.165) is 56.9 Å². The first kappa shape index (κ1) is 17.9. The van der Waals surface area contributed by atoms with Gasteiger partial charge in [0.05, 0.1) is 11.7 Å². The van der Waals surface area contributed by atoms with Crippen molar-refractivity contribution in [1.82, 2.24) is 0 Å². The van der Waals surface area contributed by atoms with Gasteiger partial charge in [-0.3, -0.25) is 4.79 Å². The van der Waals surface area contributed by atoms with Gasteiger partial charge in [0.15, 0.2) is 6.61 Å². The molecule has 1 saturated carbocycles. The number of nitrogens with one attached hydrogen (secondary N) is 1. The molecule has 0 atom stereocenters. The quantitative estimate of drug-likeness (QED) is 0.786. The lowest BCUT2D eigenvalue weighted by Gasteiger charge is -2.10. The summed E-state index contributed by atoms with van der Waals surface area (Å²) in [5.74, 6) is -0.961. The second kappa shape index (κ2) is 8.45. The minimum absolute atomic E-state index is 0.116. The minimum atomic E-state index is -0.534. The lowest BCUT2D eigenvalue weighted by atomic mass is 9.96. The fourth-order valence-electron chi connectivity index (χ4n) is 3.36. The van der Waals surface area contributed by atoms with Crippen LogP contribution in [0, 0.1) is 11.3 Å². The number of carbonyl (C=O) groups excluding carboxylic acids is 2. The highest BCUT2D eigenvalue weighted by molar-refractivity contribution is 7.16. The van der Waals surface area contributed by atoms with Crippen LogP contribution in [0.5, 0.6) is 0 Å². The molecular formula is C18H22N2O4S. The lowest BCUT2D eigenvalue weighted by Crippen LogP contribution is -2.24. The Morgan fingerprint density at radius 2 is 1.92 bits per heavy atom. The number of rotatable bonds is 6. The van der Waals surface area contributed by atoms with E-state index in [-0.39, 0.29) is 19.3 Å². The SMILES string of the molecule is N#Cc1c(NC(=O)COC(=O)COC2CCCC2)sc2c1CCCC2. The van der Waals surface area contributed by atoms with Gasteiger partial charge in [-0.05, 0) is 44.1 Å². The number of ether oxygens (including phenoxy) is 2. The smallest absolute Gasteiger partial charge is 0.332 e. The first-order chi connectivity index (χ1) is 12.2. The molecular weight excluding hydrogens is 340 g/mol. The van der Waals surface area contributed by atoms with Crippen LogP contribution in [0.2, 0.25) is 0 Å². The summed E-state index contributed by atoms with van der Waals surface area (Å²) in [4.78, 5) is 24.9. The highest BCUT2D eigenvalue weighted by atomic mass is 32.1. The molecule has 0 saturated heterocycles. The van der Waals surface area contributed by atoms with E-state index in [9.17, 15) is 14.9 Å². The molecule has 1 aromatic heterocycles. The molecule has 0 spiro atoms. The first-order valence-corrected chi connectivity index (χ1v) is 9.60. The molecule has 3 rings (SSSR count). The maximum Gasteiger partial charge on any atom is 0.332 e. The van der Waals surface area contributed by atoms with Crippen molar-refractivity contribution in [3.8, 4) is 6.07 Å². The van der Waals surface area contributed by atoms with Crippen LogP contribution in [-0.4, -0.2) is 31.2 Å². The average Bonchev–Trinajstić information content (AvgIpc) is 3.25. The van der Waals surface area contributed by atoms with Gasteiger partial charge in [-0.25, -0.2) is 4.79 Å². The van der Waals surface area contributed by atoms with Crippen LogP contribution < -0.4 is 5.32 Å². The Morgan fingerprint density at radius 3 is 2.68 bits per heavy atom. The number of nitriles is 1. The van der Waals surface area contributed by atoms with Gasteiger partial charge in [0.25, 0.3) is 5.91 Å². The van der Waals surface area contributed by atoms with E-state index in [1.807, 2.05) is 0 Å². The van der Waals surface area contributed by atoms with Crippen molar-refractivity contribution < 1.29 is 19.1 Å². The van der Waals surface area contributed by atoms with Crippen molar-refractivity contribution in [2.24, 2.45) is 0 Å². The van der Waals surface area contributed by atoms with Gasteiger partial charge >= 0.3 is 5.97 Å². The maximum atomic E-state index is 12.0. The summed E-state index contributed by atoms with van der Waals surface area (Å²) < 4.78 is 10.4. The monoisotopic (exact) mass is 362 g/mol. The number of amides is 1. The first-order valence-electron chi connectivity index (χ1n) is 8.79. The molecule has 1 aromatic rings. The van der Waals surface area contributed by atoms with Crippen LogP contribution >= 0.6 is 11.3 Å². The molecule has 25 heavy (non-hydrogen) atoms. The molecule has 0 aromatic carbocycles. The van der Waals surface area contributed by atoms with Crippen molar-refractivity contribution in [2.75, 3.05) is 18.5 Å². The summed E-state index contributed by atoms with van der Waals surface area (Å²) in [5, 5.41) is 12.6. The molecule has 0 unspecified atom stereocenters. The van der Waals surface area contributed by atoms with Gasteiger partial charge in [-0.2, -0.15) is 5.26 Å². The van der Waals surface area contributed by atoms with Crippen LogP contribution in [0.4, 0.5) is 5.00 Å². The normalized spacial score (nSPS) is 16.9. The molecule has 1 amide bonds. The molecule has 134 valence electrons. The molecule has 0 radical (unpaired) electrons. The number of aryl methyl sites for hydroxylation is 1. The van der Waals surface area contributed by atoms with E-state index in [1.54, 1.807) is 0 Å². The lowest BCUT2D eigenvalue weighted by molar-refractivity contribution is -0.153. The number of carbonyl (C=O) groups is 2. The van der Waals surface area contributed by atoms with Crippen LogP contribution in [0.3, 0.4) is 0 Å². The fraction of sp³-hybridized carbons (Fsp3) is 0.611. The fourth-order valence-corrected chi connectivity index (χ4v) is 4.62. The highest BCUT2D eigenvalue weighted by Crippen LogP contribution is 2.37. The van der Waals surface area contributed by atoms with Crippen molar-refractivity contribution in [2.45, 2.75) is 57.5 Å². The third-order valence-electron chi connectivity index (χ3n) is 4.64. The summed E-state index contributed by atoms with van der Waals surface area (Å²) in [6.45, 7) is -0.477. The van der Waals surface area contributed by atoms with Gasteiger partial charge in [0.2, 0.25) is 0 Å². The molecule has 7 heteroatoms. The largest absolute Gasteiger partial charge is 0.454 e. The number of hydrogen-bond acceptors (Lipinski definition) is 6. The number of anilines is 1. The Balaban J connectivity index is 1.47. The van der Waals surface area contributed by atoms with Crippen LogP contribution in [0.25, 0.3) is 0 Å². The molecule has 0 aliphatic heterocycles. The zero-order valence-electron chi connectivity index (χ0n) is 14.1.